The minimum absolute atomic E-state index is 0.570. The quantitative estimate of drug-likeness (QED) is 0.168. The van der Waals surface area contributed by atoms with E-state index in [-0.39, 0.29) is 0 Å². The first-order chi connectivity index (χ1) is 29.7. The summed E-state index contributed by atoms with van der Waals surface area (Å²) in [5, 5.41) is 6.86. The summed E-state index contributed by atoms with van der Waals surface area (Å²) >= 11 is 0. The third-order valence-corrected chi connectivity index (χ3v) is 11.6. The fraction of sp³-hybridized carbons (Fsp3) is 0. The monoisotopic (exact) mass is 767 g/mol. The Morgan fingerprint density at radius 2 is 1.05 bits per heavy atom. The van der Waals surface area contributed by atoms with E-state index in [1.165, 1.54) is 32.6 Å². The maximum atomic E-state index is 6.22. The van der Waals surface area contributed by atoms with E-state index < -0.39 is 0 Å². The van der Waals surface area contributed by atoms with Crippen LogP contribution >= 0.6 is 0 Å². The molecule has 4 aromatic heterocycles. The molecule has 0 saturated carbocycles. The van der Waals surface area contributed by atoms with Crippen molar-refractivity contribution in [3.8, 4) is 62.1 Å². The number of hydrogen-bond acceptors (Lipinski definition) is 5. The van der Waals surface area contributed by atoms with Crippen LogP contribution in [0.5, 0.6) is 0 Å². The van der Waals surface area contributed by atoms with Crippen molar-refractivity contribution in [2.45, 2.75) is 0 Å². The van der Waals surface area contributed by atoms with Gasteiger partial charge in [-0.2, -0.15) is 0 Å². The van der Waals surface area contributed by atoms with Gasteiger partial charge in [0.15, 0.2) is 23.1 Å². The van der Waals surface area contributed by atoms with E-state index in [0.29, 0.717) is 17.5 Å². The highest BCUT2D eigenvalue weighted by Crippen LogP contribution is 2.39. The lowest BCUT2D eigenvalue weighted by Gasteiger charge is -2.12. The highest BCUT2D eigenvalue weighted by Gasteiger charge is 2.19. The van der Waals surface area contributed by atoms with Gasteiger partial charge in [-0.25, -0.2) is 15.0 Å². The van der Waals surface area contributed by atoms with Crippen molar-refractivity contribution in [2.75, 3.05) is 0 Å². The minimum Gasteiger partial charge on any atom is -0.454 e. The molecule has 0 spiro atoms. The molecule has 12 rings (SSSR count). The van der Waals surface area contributed by atoms with Gasteiger partial charge in [-0.15, -0.1) is 0 Å². The van der Waals surface area contributed by atoms with Crippen LogP contribution in [0.2, 0.25) is 0 Å². The van der Waals surface area contributed by atoms with Gasteiger partial charge in [0, 0.05) is 55.5 Å². The fourth-order valence-corrected chi connectivity index (χ4v) is 8.70. The molecule has 0 radical (unpaired) electrons. The third-order valence-electron chi connectivity index (χ3n) is 11.6. The van der Waals surface area contributed by atoms with Crippen LogP contribution < -0.4 is 0 Å². The molecular formula is C54H33N5O. The van der Waals surface area contributed by atoms with Crippen molar-refractivity contribution in [3.05, 3.63) is 200 Å². The molecule has 12 aromatic rings. The minimum atomic E-state index is 0.570. The second-order valence-corrected chi connectivity index (χ2v) is 15.1. The lowest BCUT2D eigenvalue weighted by molar-refractivity contribution is 0.667. The van der Waals surface area contributed by atoms with Crippen LogP contribution in [-0.4, -0.2) is 24.5 Å². The number of benzene rings is 8. The zero-order valence-electron chi connectivity index (χ0n) is 32.2. The number of fused-ring (bicyclic) bond motifs is 8. The van der Waals surface area contributed by atoms with E-state index in [9.17, 15) is 0 Å². The molecule has 280 valence electrons. The molecule has 0 aliphatic rings. The van der Waals surface area contributed by atoms with Crippen LogP contribution in [0.4, 0.5) is 0 Å². The molecule has 0 saturated heterocycles. The Balaban J connectivity index is 0.977. The topological polar surface area (TPSA) is 69.6 Å². The number of aromatic nitrogens is 5. The Morgan fingerprint density at radius 3 is 1.92 bits per heavy atom. The molecule has 0 aliphatic carbocycles. The van der Waals surface area contributed by atoms with Crippen LogP contribution in [0, 0.1) is 0 Å². The highest BCUT2D eigenvalue weighted by molar-refractivity contribution is 6.18. The maximum absolute atomic E-state index is 6.22. The van der Waals surface area contributed by atoms with E-state index in [1.807, 2.05) is 24.3 Å². The van der Waals surface area contributed by atoms with Crippen molar-refractivity contribution in [2.24, 2.45) is 0 Å². The zero-order chi connectivity index (χ0) is 39.6. The molecule has 0 aliphatic heterocycles. The van der Waals surface area contributed by atoms with Crippen molar-refractivity contribution in [1.29, 1.82) is 0 Å². The van der Waals surface area contributed by atoms with Gasteiger partial charge in [-0.05, 0) is 64.0 Å². The average molecular weight is 768 g/mol. The van der Waals surface area contributed by atoms with Gasteiger partial charge in [0.05, 0.1) is 17.2 Å². The maximum Gasteiger partial charge on any atom is 0.164 e. The standard InChI is InChI=1S/C54H33N5O/c1-2-10-34(11-3-1)35-20-22-38(23-21-35)52-56-53(58-54(57-52)46-17-9-19-48-50(46)45-30-31-55-33-49(45)60-48)40-14-8-13-39(32-40)36-24-27-41(28-25-36)59-47-18-7-6-16-43(47)44-29-26-37-12-4-5-15-42(37)51(44)59/h1-33H. The summed E-state index contributed by atoms with van der Waals surface area (Å²) in [5.41, 5.74) is 12.1. The van der Waals surface area contributed by atoms with E-state index >= 15 is 0 Å². The van der Waals surface area contributed by atoms with Crippen LogP contribution in [0.25, 0.3) is 117 Å². The molecule has 0 N–H and O–H groups in total. The predicted molar refractivity (Wildman–Crippen MR) is 244 cm³/mol. The smallest absolute Gasteiger partial charge is 0.164 e. The van der Waals surface area contributed by atoms with Gasteiger partial charge in [0.2, 0.25) is 0 Å². The molecule has 60 heavy (non-hydrogen) atoms. The first-order valence-corrected chi connectivity index (χ1v) is 20.0. The number of hydrogen-bond donors (Lipinski definition) is 0. The number of furan rings is 1. The van der Waals surface area contributed by atoms with E-state index in [0.717, 1.165) is 66.6 Å². The molecule has 4 heterocycles. The molecule has 6 heteroatoms. The summed E-state index contributed by atoms with van der Waals surface area (Å²) in [4.78, 5) is 19.8. The van der Waals surface area contributed by atoms with Crippen LogP contribution in [0.3, 0.4) is 0 Å². The first-order valence-electron chi connectivity index (χ1n) is 20.0. The lowest BCUT2D eigenvalue weighted by atomic mass is 10.0. The normalized spacial score (nSPS) is 11.7. The summed E-state index contributed by atoms with van der Waals surface area (Å²) in [7, 11) is 0. The number of pyridine rings is 1. The SMILES string of the molecule is c1ccc(-c2ccc(-c3nc(-c4cccc(-c5ccc(-n6c7ccccc7c7ccc8ccccc8c76)cc5)c4)nc(-c4cccc5oc6cnccc6c45)n3)cc2)cc1. The van der Waals surface area contributed by atoms with Crippen molar-refractivity contribution >= 4 is 54.5 Å². The van der Waals surface area contributed by atoms with E-state index in [1.54, 1.807) is 12.4 Å². The van der Waals surface area contributed by atoms with Gasteiger partial charge in [0.1, 0.15) is 5.58 Å². The molecule has 0 atom stereocenters. The van der Waals surface area contributed by atoms with Crippen LogP contribution in [0.1, 0.15) is 0 Å². The van der Waals surface area contributed by atoms with Crippen molar-refractivity contribution < 1.29 is 4.42 Å². The Kier molecular flexibility index (Phi) is 7.74. The second kappa shape index (κ2) is 13.7. The predicted octanol–water partition coefficient (Wildman–Crippen LogP) is 13.8. The summed E-state index contributed by atoms with van der Waals surface area (Å²) < 4.78 is 8.62. The largest absolute Gasteiger partial charge is 0.454 e. The summed E-state index contributed by atoms with van der Waals surface area (Å²) in [6.45, 7) is 0. The molecule has 0 unspecified atom stereocenters. The zero-order valence-corrected chi connectivity index (χ0v) is 32.2. The van der Waals surface area contributed by atoms with Crippen LogP contribution in [-0.2, 0) is 0 Å². The second-order valence-electron chi connectivity index (χ2n) is 15.1. The Hall–Kier alpha value is -8.22. The number of para-hydroxylation sites is 1. The highest BCUT2D eigenvalue weighted by atomic mass is 16.3. The van der Waals surface area contributed by atoms with Gasteiger partial charge in [-0.3, -0.25) is 4.98 Å². The summed E-state index contributed by atoms with van der Waals surface area (Å²) in [6.07, 6.45) is 3.54. The van der Waals surface area contributed by atoms with Gasteiger partial charge >= 0.3 is 0 Å². The average Bonchev–Trinajstić information content (AvgIpc) is 3.88. The molecule has 0 amide bonds. The van der Waals surface area contributed by atoms with E-state index in [2.05, 4.69) is 173 Å². The molecule has 6 nitrogen and oxygen atoms in total. The lowest BCUT2D eigenvalue weighted by Crippen LogP contribution is -2.00. The van der Waals surface area contributed by atoms with Crippen LogP contribution in [0.15, 0.2) is 205 Å². The molecule has 0 bridgehead atoms. The third kappa shape index (κ3) is 5.57. The van der Waals surface area contributed by atoms with Crippen molar-refractivity contribution in [1.82, 2.24) is 24.5 Å². The van der Waals surface area contributed by atoms with E-state index in [4.69, 9.17) is 19.4 Å². The van der Waals surface area contributed by atoms with Crippen molar-refractivity contribution in [3.63, 3.8) is 0 Å². The van der Waals surface area contributed by atoms with Gasteiger partial charge in [-0.1, -0.05) is 152 Å². The molecule has 8 aromatic carbocycles. The number of rotatable bonds is 6. The Labute approximate surface area is 344 Å². The summed E-state index contributed by atoms with van der Waals surface area (Å²) in [5.74, 6) is 1.75. The number of nitrogens with zero attached hydrogens (tertiary/aromatic N) is 5. The Bertz CT molecular complexity index is 3590. The Morgan fingerprint density at radius 1 is 0.400 bits per heavy atom. The fourth-order valence-electron chi connectivity index (χ4n) is 8.70. The molecular weight excluding hydrogens is 735 g/mol. The van der Waals surface area contributed by atoms with Gasteiger partial charge in [0.25, 0.3) is 0 Å². The molecule has 0 fully saturated rings. The summed E-state index contributed by atoms with van der Waals surface area (Å²) in [6, 6.07) is 65.9. The van der Waals surface area contributed by atoms with Gasteiger partial charge < -0.3 is 8.98 Å². The first kappa shape index (κ1) is 33.9.